The summed E-state index contributed by atoms with van der Waals surface area (Å²) < 4.78 is 36.4. The van der Waals surface area contributed by atoms with E-state index in [1.54, 1.807) is 0 Å². The largest absolute Gasteiger partial charge is 0.491 e. The van der Waals surface area contributed by atoms with Crippen LogP contribution in [0.25, 0.3) is 11.1 Å². The Hall–Kier alpha value is -4.78. The van der Waals surface area contributed by atoms with Gasteiger partial charge in [-0.05, 0) is 94.0 Å². The number of piperazine rings is 1. The van der Waals surface area contributed by atoms with Gasteiger partial charge in [0.05, 0.1) is 31.5 Å². The van der Waals surface area contributed by atoms with E-state index in [1.807, 2.05) is 47.4 Å². The van der Waals surface area contributed by atoms with Crippen molar-refractivity contribution in [3.05, 3.63) is 119 Å². The first-order valence-corrected chi connectivity index (χ1v) is 29.2. The summed E-state index contributed by atoms with van der Waals surface area (Å²) >= 11 is 6.90. The van der Waals surface area contributed by atoms with Gasteiger partial charge in [-0.15, -0.1) is 6.58 Å². The van der Waals surface area contributed by atoms with Crippen molar-refractivity contribution in [2.75, 3.05) is 164 Å². The number of fused-ring (bicyclic) bond motifs is 1. The average molecular weight is 1110 g/mol. The van der Waals surface area contributed by atoms with Gasteiger partial charge in [-0.1, -0.05) is 78.4 Å². The van der Waals surface area contributed by atoms with Crippen molar-refractivity contribution in [2.45, 2.75) is 72.2 Å². The van der Waals surface area contributed by atoms with Gasteiger partial charge in [0.25, 0.3) is 0 Å². The Morgan fingerprint density at radius 2 is 1.33 bits per heavy atom. The monoisotopic (exact) mass is 1110 g/mol. The van der Waals surface area contributed by atoms with Crippen LogP contribution >= 0.6 is 11.6 Å². The van der Waals surface area contributed by atoms with Gasteiger partial charge in [-0.25, -0.2) is 0 Å². The number of carboxylic acids is 1. The molecule has 0 spiro atoms. The lowest BCUT2D eigenvalue weighted by Gasteiger charge is -2.39. The molecular weight excluding hydrogens is 1020 g/mol. The molecule has 2 atom stereocenters. The summed E-state index contributed by atoms with van der Waals surface area (Å²) in [5, 5.41) is 10.4. The molecule has 3 fully saturated rings. The Morgan fingerprint density at radius 3 is 2.00 bits per heavy atom. The van der Waals surface area contributed by atoms with Crippen LogP contribution in [-0.2, 0) is 27.4 Å². The highest BCUT2D eigenvalue weighted by atomic mass is 35.5. The van der Waals surface area contributed by atoms with Crippen LogP contribution in [-0.4, -0.2) is 222 Å². The second-order valence-corrected chi connectivity index (χ2v) is 22.5. The maximum absolute atomic E-state index is 12.1. The average Bonchev–Trinajstić information content (AvgIpc) is 3.91. The molecule has 0 aromatic heterocycles. The molecule has 0 bridgehead atoms. The molecule has 0 saturated carbocycles. The number of carboxylic acid groups (broad SMARTS) is 1. The molecule has 1 unspecified atom stereocenters. The van der Waals surface area contributed by atoms with E-state index in [-0.39, 0.29) is 6.61 Å². The van der Waals surface area contributed by atoms with Crippen LogP contribution in [0.2, 0.25) is 5.02 Å². The second-order valence-electron chi connectivity index (χ2n) is 22.1. The summed E-state index contributed by atoms with van der Waals surface area (Å²) in [7, 11) is 0. The summed E-state index contributed by atoms with van der Waals surface area (Å²) in [6, 6.07) is 15.6. The molecule has 7 rings (SSSR count). The predicted molar refractivity (Wildman–Crippen MR) is 318 cm³/mol. The van der Waals surface area contributed by atoms with Gasteiger partial charge in [0.15, 0.2) is 11.5 Å². The molecule has 0 aliphatic carbocycles. The fourth-order valence-corrected chi connectivity index (χ4v) is 11.5. The van der Waals surface area contributed by atoms with Crippen molar-refractivity contribution >= 4 is 17.6 Å². The summed E-state index contributed by atoms with van der Waals surface area (Å²) in [4.78, 5) is 29.6. The molecule has 3 saturated heterocycles. The van der Waals surface area contributed by atoms with E-state index in [2.05, 4.69) is 95.5 Å². The number of ether oxygens (including phenoxy) is 6. The van der Waals surface area contributed by atoms with Crippen molar-refractivity contribution in [1.82, 2.24) is 34.3 Å². The van der Waals surface area contributed by atoms with E-state index in [4.69, 9.17) is 40.0 Å². The van der Waals surface area contributed by atoms with Crippen LogP contribution in [0, 0.1) is 6.92 Å². The van der Waals surface area contributed by atoms with Crippen molar-refractivity contribution in [3.8, 4) is 34.1 Å². The number of hydrogen-bond donors (Lipinski definition) is 1. The van der Waals surface area contributed by atoms with E-state index in [0.29, 0.717) is 88.3 Å². The fraction of sp³-hybridized carbons (Fsp3) is 0.571. The molecule has 434 valence electrons. The number of benzene rings is 3. The quantitative estimate of drug-likeness (QED) is 0.0553. The smallest absolute Gasteiger partial charge is 0.320 e. The summed E-state index contributed by atoms with van der Waals surface area (Å²) in [6.07, 6.45) is 4.54. The topological polar surface area (TPSA) is 115 Å². The van der Waals surface area contributed by atoms with E-state index < -0.39 is 12.0 Å². The highest BCUT2D eigenvalue weighted by Gasteiger charge is 2.32. The third-order valence-electron chi connectivity index (χ3n) is 15.7. The van der Waals surface area contributed by atoms with Crippen molar-refractivity contribution < 1.29 is 38.3 Å². The Balaban J connectivity index is 0.836. The van der Waals surface area contributed by atoms with Gasteiger partial charge in [0.1, 0.15) is 44.0 Å². The lowest BCUT2D eigenvalue weighted by atomic mass is 9.96. The molecule has 4 heterocycles. The van der Waals surface area contributed by atoms with Gasteiger partial charge >= 0.3 is 5.97 Å². The number of likely N-dealkylation sites (tertiary alicyclic amines) is 1. The van der Waals surface area contributed by atoms with Crippen LogP contribution in [0.4, 0.5) is 0 Å². The lowest BCUT2D eigenvalue weighted by Crippen LogP contribution is -2.51. The number of halogens is 1. The van der Waals surface area contributed by atoms with Gasteiger partial charge in [0, 0.05) is 135 Å². The predicted octanol–water partition coefficient (Wildman–Crippen LogP) is 8.64. The first-order chi connectivity index (χ1) is 38.2. The third kappa shape index (κ3) is 19.4. The molecule has 0 radical (unpaired) electrons. The molecule has 3 aromatic rings. The number of rotatable bonds is 28. The number of carbonyl (C=O) groups is 1. The lowest BCUT2D eigenvalue weighted by molar-refractivity contribution is -0.142. The zero-order valence-electron chi connectivity index (χ0n) is 48.2. The van der Waals surface area contributed by atoms with Crippen LogP contribution in [0.15, 0.2) is 97.6 Å². The van der Waals surface area contributed by atoms with Gasteiger partial charge < -0.3 is 38.4 Å². The highest BCUT2D eigenvalue weighted by Crippen LogP contribution is 2.38. The minimum Gasteiger partial charge on any atom is -0.491 e. The number of nitrogens with zero attached hydrogens (tertiary/aromatic N) is 7. The van der Waals surface area contributed by atoms with E-state index in [9.17, 15) is 9.90 Å². The Labute approximate surface area is 477 Å². The van der Waals surface area contributed by atoms with Crippen LogP contribution in [0.1, 0.15) is 56.7 Å². The highest BCUT2D eigenvalue weighted by molar-refractivity contribution is 6.32. The van der Waals surface area contributed by atoms with Crippen LogP contribution in [0.5, 0.6) is 23.0 Å². The molecule has 1 N–H and O–H groups in total. The van der Waals surface area contributed by atoms with Gasteiger partial charge in [-0.3, -0.25) is 34.2 Å². The normalized spacial score (nSPS) is 19.3. The molecule has 16 heteroatoms. The molecular formula is C63H92ClN7O8. The summed E-state index contributed by atoms with van der Waals surface area (Å²) in [5.74, 6) is 1.76. The maximum Gasteiger partial charge on any atom is 0.320 e. The second kappa shape index (κ2) is 32.0. The minimum atomic E-state index is -0.817. The maximum atomic E-state index is 12.1. The van der Waals surface area contributed by atoms with Gasteiger partial charge in [0.2, 0.25) is 0 Å². The molecule has 15 nitrogen and oxygen atoms in total. The van der Waals surface area contributed by atoms with E-state index in [1.165, 1.54) is 16.7 Å². The Kier molecular flexibility index (Phi) is 25.1. The Bertz CT molecular complexity index is 2470. The van der Waals surface area contributed by atoms with Crippen LogP contribution in [0.3, 0.4) is 0 Å². The van der Waals surface area contributed by atoms with Crippen molar-refractivity contribution in [3.63, 3.8) is 0 Å². The molecule has 0 amide bonds. The number of hydrogen-bond acceptors (Lipinski definition) is 14. The standard InChI is InChI=1S/C63H92ClN7O8/c1-9-18-65-25-26-68(44-48(2)3)27-28-69(45-49(4)5)30-32-70(31-29-65)57(50(6)7)17-20-66-21-23-67(24-22-66)33-34-74-35-36-75-37-38-77-60-43-61(56(64)41-54(60)46-71-19-11-14-58(71)63(72)73)79-47-53-12-10-13-55(51(53)8)52-15-16-59-62(42-52)78-40-39-76-59/h9-10,12-13,15-16,41-43,57-58H,1-2,4,6,11,14,17-40,44-47H2,3,5,7-8H3,(H,72,73)/t57?,58-/m0/s1. The summed E-state index contributed by atoms with van der Waals surface area (Å²) in [5.41, 5.74) is 8.67. The fourth-order valence-electron chi connectivity index (χ4n) is 11.3. The van der Waals surface area contributed by atoms with E-state index in [0.717, 1.165) is 163 Å². The molecule has 4 aliphatic rings. The molecule has 3 aromatic carbocycles. The third-order valence-corrected chi connectivity index (χ3v) is 16.0. The van der Waals surface area contributed by atoms with Crippen molar-refractivity contribution in [1.29, 1.82) is 0 Å². The minimum absolute atomic E-state index is 0.286. The van der Waals surface area contributed by atoms with Crippen molar-refractivity contribution in [2.24, 2.45) is 0 Å². The first kappa shape index (κ1) is 61.8. The molecule has 4 aliphatic heterocycles. The van der Waals surface area contributed by atoms with E-state index >= 15 is 0 Å². The molecule has 79 heavy (non-hydrogen) atoms. The number of aliphatic carboxylic acids is 1. The Morgan fingerprint density at radius 1 is 0.709 bits per heavy atom. The SMILES string of the molecule is C=CCN1CCN(CC(=C)C)CCN(CC(=C)C)CCN(C(CCN2CCN(CCOCCOCCOc3cc(OCc4cccc(-c5ccc6c(c5)OCCO6)c4C)c(Cl)cc3CN3CCC[C@H]3C(=O)O)CC2)C(=C)C)CC1. The zero-order chi connectivity index (χ0) is 56.1. The van der Waals surface area contributed by atoms with Crippen LogP contribution < -0.4 is 18.9 Å². The van der Waals surface area contributed by atoms with Gasteiger partial charge in [-0.2, -0.15) is 0 Å². The summed E-state index contributed by atoms with van der Waals surface area (Å²) in [6.45, 7) is 47.3. The zero-order valence-corrected chi connectivity index (χ0v) is 49.0. The first-order valence-electron chi connectivity index (χ1n) is 28.8.